The molecule has 4 heteroatoms. The Morgan fingerprint density at radius 3 is 2.40 bits per heavy atom. The standard InChI is InChI=1S/C21H34NO3/c1-17(23)25-20-12-11-19(18-9-7-6-8-10-18)15-22(16-20,13-14-24-5)21(2,3)4/h6-10,19-20H,11-16H2,1-5H3/q+1. The molecule has 0 amide bonds. The van der Waals surface area contributed by atoms with Gasteiger partial charge in [0.15, 0.2) is 6.10 Å². The summed E-state index contributed by atoms with van der Waals surface area (Å²) >= 11 is 0. The van der Waals surface area contributed by atoms with Gasteiger partial charge < -0.3 is 14.0 Å². The second-order valence-corrected chi connectivity index (χ2v) is 8.31. The van der Waals surface area contributed by atoms with Crippen molar-refractivity contribution in [1.29, 1.82) is 0 Å². The third-order valence-corrected chi connectivity index (χ3v) is 5.71. The summed E-state index contributed by atoms with van der Waals surface area (Å²) in [5.74, 6) is 0.291. The summed E-state index contributed by atoms with van der Waals surface area (Å²) in [5, 5.41) is 0. The van der Waals surface area contributed by atoms with Crippen LogP contribution >= 0.6 is 0 Å². The van der Waals surface area contributed by atoms with Crippen LogP contribution in [0.1, 0.15) is 52.0 Å². The maximum atomic E-state index is 11.6. The Balaban J connectivity index is 2.37. The predicted octanol–water partition coefficient (Wildman–Crippen LogP) is 3.76. The monoisotopic (exact) mass is 348 g/mol. The first-order valence-corrected chi connectivity index (χ1v) is 9.35. The summed E-state index contributed by atoms with van der Waals surface area (Å²) in [6, 6.07) is 10.8. The van der Waals surface area contributed by atoms with Crippen molar-refractivity contribution >= 4 is 5.97 Å². The molecule has 1 fully saturated rings. The molecule has 1 aromatic carbocycles. The molecule has 1 heterocycles. The first-order chi connectivity index (χ1) is 11.8. The van der Waals surface area contributed by atoms with Crippen molar-refractivity contribution in [3.8, 4) is 0 Å². The maximum absolute atomic E-state index is 11.6. The predicted molar refractivity (Wildman–Crippen MR) is 100 cm³/mol. The van der Waals surface area contributed by atoms with Crippen molar-refractivity contribution in [2.75, 3.05) is 33.4 Å². The average molecular weight is 349 g/mol. The fraction of sp³-hybridized carbons (Fsp3) is 0.667. The molecule has 0 N–H and O–H groups in total. The van der Waals surface area contributed by atoms with Crippen molar-refractivity contribution < 1.29 is 18.8 Å². The lowest BCUT2D eigenvalue weighted by molar-refractivity contribution is -0.973. The molecule has 0 bridgehead atoms. The molecular formula is C21H34NO3+. The Morgan fingerprint density at radius 1 is 1.16 bits per heavy atom. The van der Waals surface area contributed by atoms with Crippen LogP contribution in [-0.4, -0.2) is 55.4 Å². The van der Waals surface area contributed by atoms with Crippen LogP contribution < -0.4 is 0 Å². The highest BCUT2D eigenvalue weighted by atomic mass is 16.5. The van der Waals surface area contributed by atoms with Gasteiger partial charge >= 0.3 is 5.97 Å². The molecular weight excluding hydrogens is 314 g/mol. The Morgan fingerprint density at radius 2 is 1.84 bits per heavy atom. The summed E-state index contributed by atoms with van der Waals surface area (Å²) in [6.07, 6.45) is 1.94. The van der Waals surface area contributed by atoms with Crippen LogP contribution in [0.25, 0.3) is 0 Å². The highest BCUT2D eigenvalue weighted by Gasteiger charge is 2.46. The summed E-state index contributed by atoms with van der Waals surface area (Å²) in [5.41, 5.74) is 1.43. The molecule has 4 nitrogen and oxygen atoms in total. The minimum absolute atomic E-state index is 0.0257. The first kappa shape index (κ1) is 19.9. The molecule has 3 atom stereocenters. The van der Waals surface area contributed by atoms with E-state index in [4.69, 9.17) is 9.47 Å². The van der Waals surface area contributed by atoms with Crippen molar-refractivity contribution in [3.63, 3.8) is 0 Å². The lowest BCUT2D eigenvalue weighted by atomic mass is 9.91. The molecule has 0 aromatic heterocycles. The second kappa shape index (κ2) is 8.33. The third kappa shape index (κ3) is 5.05. The van der Waals surface area contributed by atoms with Crippen LogP contribution in [0.4, 0.5) is 0 Å². The minimum Gasteiger partial charge on any atom is -0.457 e. The molecule has 1 saturated heterocycles. The topological polar surface area (TPSA) is 35.5 Å². The number of hydrogen-bond acceptors (Lipinski definition) is 3. The number of benzene rings is 1. The quantitative estimate of drug-likeness (QED) is 0.600. The van der Waals surface area contributed by atoms with Crippen molar-refractivity contribution in [2.45, 2.75) is 58.1 Å². The van der Waals surface area contributed by atoms with Crippen LogP contribution in [0.5, 0.6) is 0 Å². The molecule has 25 heavy (non-hydrogen) atoms. The molecule has 3 unspecified atom stereocenters. The maximum Gasteiger partial charge on any atom is 0.303 e. The van der Waals surface area contributed by atoms with Gasteiger partial charge in [0.05, 0.1) is 18.7 Å². The second-order valence-electron chi connectivity index (χ2n) is 8.31. The number of rotatable bonds is 5. The van der Waals surface area contributed by atoms with Crippen LogP contribution in [0.2, 0.25) is 0 Å². The van der Waals surface area contributed by atoms with Gasteiger partial charge in [-0.15, -0.1) is 0 Å². The van der Waals surface area contributed by atoms with Gasteiger partial charge in [0, 0.05) is 20.0 Å². The van der Waals surface area contributed by atoms with Gasteiger partial charge in [0.2, 0.25) is 0 Å². The molecule has 0 spiro atoms. The van der Waals surface area contributed by atoms with Gasteiger partial charge in [-0.2, -0.15) is 0 Å². The van der Waals surface area contributed by atoms with E-state index in [0.29, 0.717) is 12.5 Å². The van der Waals surface area contributed by atoms with E-state index in [1.54, 1.807) is 7.11 Å². The summed E-state index contributed by atoms with van der Waals surface area (Å²) in [4.78, 5) is 11.6. The highest BCUT2D eigenvalue weighted by Crippen LogP contribution is 2.37. The number of carbonyl (C=O) groups excluding carboxylic acids is 1. The Hall–Kier alpha value is -1.39. The first-order valence-electron chi connectivity index (χ1n) is 9.35. The minimum atomic E-state index is -0.179. The largest absolute Gasteiger partial charge is 0.457 e. The number of carbonyl (C=O) groups is 1. The van der Waals surface area contributed by atoms with Gasteiger partial charge in [-0.25, -0.2) is 0 Å². The molecule has 0 saturated carbocycles. The van der Waals surface area contributed by atoms with E-state index >= 15 is 0 Å². The molecule has 1 aliphatic heterocycles. The van der Waals surface area contributed by atoms with Crippen LogP contribution in [0.15, 0.2) is 30.3 Å². The zero-order chi connectivity index (χ0) is 18.5. The lowest BCUT2D eigenvalue weighted by Gasteiger charge is -2.50. The molecule has 0 radical (unpaired) electrons. The van der Waals surface area contributed by atoms with Crippen molar-refractivity contribution in [2.24, 2.45) is 0 Å². The van der Waals surface area contributed by atoms with Gasteiger partial charge in [-0.3, -0.25) is 4.79 Å². The number of methoxy groups -OCH3 is 1. The normalized spacial score (nSPS) is 27.6. The van der Waals surface area contributed by atoms with E-state index in [2.05, 4.69) is 51.1 Å². The van der Waals surface area contributed by atoms with E-state index in [-0.39, 0.29) is 17.6 Å². The molecule has 1 aliphatic rings. The number of ether oxygens (including phenoxy) is 2. The van der Waals surface area contributed by atoms with Gasteiger partial charge in [-0.05, 0) is 39.2 Å². The van der Waals surface area contributed by atoms with Crippen LogP contribution in [-0.2, 0) is 14.3 Å². The van der Waals surface area contributed by atoms with E-state index in [0.717, 1.165) is 37.0 Å². The molecule has 1 aromatic rings. The van der Waals surface area contributed by atoms with E-state index in [1.807, 2.05) is 0 Å². The fourth-order valence-corrected chi connectivity index (χ4v) is 4.12. The fourth-order valence-electron chi connectivity index (χ4n) is 4.12. The van der Waals surface area contributed by atoms with Crippen molar-refractivity contribution in [1.82, 2.24) is 0 Å². The molecule has 140 valence electrons. The Bertz CT molecular complexity index is 552. The van der Waals surface area contributed by atoms with E-state index in [9.17, 15) is 4.79 Å². The average Bonchev–Trinajstić information content (AvgIpc) is 2.73. The summed E-state index contributed by atoms with van der Waals surface area (Å²) in [7, 11) is 1.76. The van der Waals surface area contributed by atoms with Gasteiger partial charge in [0.1, 0.15) is 13.1 Å². The van der Waals surface area contributed by atoms with Gasteiger partial charge in [-0.1, -0.05) is 30.3 Å². The number of quaternary nitrogens is 1. The number of nitrogens with zero attached hydrogens (tertiary/aromatic N) is 1. The zero-order valence-electron chi connectivity index (χ0n) is 16.5. The highest BCUT2D eigenvalue weighted by molar-refractivity contribution is 5.66. The lowest BCUT2D eigenvalue weighted by Crippen LogP contribution is -2.64. The number of hydrogen-bond donors (Lipinski definition) is 0. The number of esters is 1. The van der Waals surface area contributed by atoms with Gasteiger partial charge in [0.25, 0.3) is 0 Å². The Labute approximate surface area is 152 Å². The van der Waals surface area contributed by atoms with Crippen molar-refractivity contribution in [3.05, 3.63) is 35.9 Å². The molecule has 2 rings (SSSR count). The number of likely N-dealkylation sites (tertiary alicyclic amines) is 1. The summed E-state index contributed by atoms with van der Waals surface area (Å²) < 4.78 is 12.0. The third-order valence-electron chi connectivity index (χ3n) is 5.71. The van der Waals surface area contributed by atoms with E-state index in [1.165, 1.54) is 12.5 Å². The molecule has 0 aliphatic carbocycles. The smallest absolute Gasteiger partial charge is 0.303 e. The van der Waals surface area contributed by atoms with Crippen LogP contribution in [0, 0.1) is 0 Å². The summed E-state index contributed by atoms with van der Waals surface area (Å²) in [6.45, 7) is 11.9. The van der Waals surface area contributed by atoms with Crippen LogP contribution in [0.3, 0.4) is 0 Å². The zero-order valence-corrected chi connectivity index (χ0v) is 16.5. The SMILES string of the molecule is COCC[N+]1(C(C)(C)C)CC(OC(C)=O)CCC(c2ccccc2)C1. The Kier molecular flexibility index (Phi) is 6.64. The van der Waals surface area contributed by atoms with E-state index < -0.39 is 0 Å².